The van der Waals surface area contributed by atoms with Crippen molar-refractivity contribution in [2.75, 3.05) is 0 Å². The molecule has 1 amide bonds. The summed E-state index contributed by atoms with van der Waals surface area (Å²) in [6.45, 7) is 0.157. The van der Waals surface area contributed by atoms with Gasteiger partial charge in [0.15, 0.2) is 5.43 Å². The SMILES string of the molecule is O=C1c2oc3ccc(F)cc3c(=O)c2C(c2cccc(Cl)c2)N1Cc1ccccc1Cl. The first-order chi connectivity index (χ1) is 14.9. The number of benzene rings is 3. The number of amides is 1. The Labute approximate surface area is 186 Å². The van der Waals surface area contributed by atoms with E-state index in [1.807, 2.05) is 12.1 Å². The van der Waals surface area contributed by atoms with E-state index < -0.39 is 23.2 Å². The summed E-state index contributed by atoms with van der Waals surface area (Å²) in [6.07, 6.45) is 0. The lowest BCUT2D eigenvalue weighted by Gasteiger charge is -2.25. The van der Waals surface area contributed by atoms with Crippen LogP contribution in [0.1, 0.15) is 33.3 Å². The van der Waals surface area contributed by atoms with Crippen LogP contribution >= 0.6 is 23.2 Å². The Morgan fingerprint density at radius 3 is 2.55 bits per heavy atom. The van der Waals surface area contributed by atoms with Gasteiger partial charge in [-0.3, -0.25) is 9.59 Å². The Kier molecular flexibility index (Phi) is 4.80. The summed E-state index contributed by atoms with van der Waals surface area (Å²) in [5.41, 5.74) is 1.24. The molecule has 0 bridgehead atoms. The average molecular weight is 454 g/mol. The lowest BCUT2D eigenvalue weighted by molar-refractivity contribution is 0.0714. The summed E-state index contributed by atoms with van der Waals surface area (Å²) in [4.78, 5) is 28.3. The van der Waals surface area contributed by atoms with Gasteiger partial charge in [-0.25, -0.2) is 4.39 Å². The number of nitrogens with zero attached hydrogens (tertiary/aromatic N) is 1. The van der Waals surface area contributed by atoms with Gasteiger partial charge in [-0.1, -0.05) is 53.5 Å². The van der Waals surface area contributed by atoms with Crippen molar-refractivity contribution in [3.8, 4) is 0 Å². The van der Waals surface area contributed by atoms with Crippen molar-refractivity contribution in [3.05, 3.63) is 115 Å². The van der Waals surface area contributed by atoms with Crippen molar-refractivity contribution >= 4 is 40.1 Å². The normalized spacial score (nSPS) is 15.5. The Hall–Kier alpha value is -3.15. The number of hydrogen-bond acceptors (Lipinski definition) is 3. The van der Waals surface area contributed by atoms with Crippen LogP contribution in [0.4, 0.5) is 4.39 Å². The number of fused-ring (bicyclic) bond motifs is 2. The molecule has 0 spiro atoms. The highest BCUT2D eigenvalue weighted by atomic mass is 35.5. The highest BCUT2D eigenvalue weighted by Gasteiger charge is 2.43. The van der Waals surface area contributed by atoms with Gasteiger partial charge in [-0.15, -0.1) is 0 Å². The Bertz CT molecular complexity index is 1420. The van der Waals surface area contributed by atoms with Crippen LogP contribution in [0.25, 0.3) is 11.0 Å². The van der Waals surface area contributed by atoms with Gasteiger partial charge in [0, 0.05) is 16.6 Å². The third kappa shape index (κ3) is 3.30. The summed E-state index contributed by atoms with van der Waals surface area (Å²) < 4.78 is 19.6. The zero-order chi connectivity index (χ0) is 21.7. The summed E-state index contributed by atoms with van der Waals surface area (Å²) in [5, 5.41) is 1.05. The van der Waals surface area contributed by atoms with E-state index in [1.165, 1.54) is 17.0 Å². The third-order valence-corrected chi connectivity index (χ3v) is 5.99. The molecule has 4 nitrogen and oxygen atoms in total. The van der Waals surface area contributed by atoms with Crippen LogP contribution in [0.15, 0.2) is 75.9 Å². The molecule has 5 rings (SSSR count). The van der Waals surface area contributed by atoms with Gasteiger partial charge in [-0.05, 0) is 47.5 Å². The second-order valence-corrected chi connectivity index (χ2v) is 8.14. The minimum absolute atomic E-state index is 0.0545. The van der Waals surface area contributed by atoms with Gasteiger partial charge in [0.1, 0.15) is 11.4 Å². The predicted molar refractivity (Wildman–Crippen MR) is 117 cm³/mol. The lowest BCUT2D eigenvalue weighted by atomic mass is 9.98. The molecule has 1 atom stereocenters. The van der Waals surface area contributed by atoms with Crippen molar-refractivity contribution in [2.24, 2.45) is 0 Å². The van der Waals surface area contributed by atoms with Crippen LogP contribution in [0.2, 0.25) is 10.0 Å². The third-order valence-electron chi connectivity index (χ3n) is 5.39. The van der Waals surface area contributed by atoms with Crippen LogP contribution in [0.3, 0.4) is 0 Å². The van der Waals surface area contributed by atoms with E-state index in [0.717, 1.165) is 11.6 Å². The maximum atomic E-state index is 13.8. The van der Waals surface area contributed by atoms with Crippen molar-refractivity contribution in [1.29, 1.82) is 0 Å². The van der Waals surface area contributed by atoms with E-state index in [1.54, 1.807) is 36.4 Å². The van der Waals surface area contributed by atoms with Crippen LogP contribution in [-0.2, 0) is 6.54 Å². The molecule has 154 valence electrons. The van der Waals surface area contributed by atoms with Gasteiger partial charge in [-0.2, -0.15) is 0 Å². The fourth-order valence-electron chi connectivity index (χ4n) is 3.99. The van der Waals surface area contributed by atoms with Crippen LogP contribution in [0, 0.1) is 5.82 Å². The van der Waals surface area contributed by atoms with Gasteiger partial charge in [0.25, 0.3) is 5.91 Å². The summed E-state index contributed by atoms with van der Waals surface area (Å²) in [7, 11) is 0. The molecule has 1 aliphatic rings. The standard InChI is InChI=1S/C24H14Cl2FNO3/c25-15-6-3-5-13(10-15)21-20-22(29)17-11-16(27)8-9-19(17)31-23(20)24(30)28(21)12-14-4-1-2-7-18(14)26/h1-11,21H,12H2. The molecular formula is C24H14Cl2FNO3. The van der Waals surface area contributed by atoms with Crippen molar-refractivity contribution in [3.63, 3.8) is 0 Å². The molecule has 0 radical (unpaired) electrons. The molecule has 31 heavy (non-hydrogen) atoms. The lowest BCUT2D eigenvalue weighted by Crippen LogP contribution is -2.29. The molecule has 0 saturated heterocycles. The molecule has 0 aliphatic carbocycles. The summed E-state index contributed by atoms with van der Waals surface area (Å²) in [6, 6.07) is 17.0. The summed E-state index contributed by atoms with van der Waals surface area (Å²) >= 11 is 12.5. The first kappa shape index (κ1) is 19.8. The minimum Gasteiger partial charge on any atom is -0.450 e. The maximum absolute atomic E-state index is 13.8. The van der Waals surface area contributed by atoms with E-state index in [9.17, 15) is 14.0 Å². The molecule has 1 unspecified atom stereocenters. The highest BCUT2D eigenvalue weighted by molar-refractivity contribution is 6.31. The molecule has 3 aromatic carbocycles. The van der Waals surface area contributed by atoms with Gasteiger partial charge < -0.3 is 9.32 Å². The topological polar surface area (TPSA) is 50.5 Å². The van der Waals surface area contributed by atoms with Crippen molar-refractivity contribution in [2.45, 2.75) is 12.6 Å². The van der Waals surface area contributed by atoms with Gasteiger partial charge in [0.2, 0.25) is 5.76 Å². The van der Waals surface area contributed by atoms with Crippen molar-refractivity contribution in [1.82, 2.24) is 4.90 Å². The smallest absolute Gasteiger partial charge is 0.291 e. The molecule has 4 aromatic rings. The molecular weight excluding hydrogens is 440 g/mol. The number of halogens is 3. The van der Waals surface area contributed by atoms with Crippen molar-refractivity contribution < 1.29 is 13.6 Å². The van der Waals surface area contributed by atoms with Gasteiger partial charge >= 0.3 is 0 Å². The monoisotopic (exact) mass is 453 g/mol. The summed E-state index contributed by atoms with van der Waals surface area (Å²) in [5.74, 6) is -1.05. The Balaban J connectivity index is 1.75. The van der Waals surface area contributed by atoms with Gasteiger partial charge in [0.05, 0.1) is 17.0 Å². The van der Waals surface area contributed by atoms with E-state index in [2.05, 4.69) is 0 Å². The van der Waals surface area contributed by atoms with E-state index in [4.69, 9.17) is 27.6 Å². The quantitative estimate of drug-likeness (QED) is 0.383. The fourth-order valence-corrected chi connectivity index (χ4v) is 4.38. The molecule has 1 aliphatic heterocycles. The zero-order valence-corrected chi connectivity index (χ0v) is 17.5. The van der Waals surface area contributed by atoms with Crippen LogP contribution in [-0.4, -0.2) is 10.8 Å². The molecule has 1 aromatic heterocycles. The molecule has 7 heteroatoms. The molecule has 2 heterocycles. The number of hydrogen-bond donors (Lipinski definition) is 0. The number of carbonyl (C=O) groups is 1. The highest BCUT2D eigenvalue weighted by Crippen LogP contribution is 2.40. The first-order valence-corrected chi connectivity index (χ1v) is 10.3. The molecule has 0 saturated carbocycles. The van der Waals surface area contributed by atoms with Crippen LogP contribution < -0.4 is 5.43 Å². The second kappa shape index (κ2) is 7.52. The van der Waals surface area contributed by atoms with E-state index >= 15 is 0 Å². The Morgan fingerprint density at radius 1 is 0.968 bits per heavy atom. The second-order valence-electron chi connectivity index (χ2n) is 7.30. The van der Waals surface area contributed by atoms with E-state index in [-0.39, 0.29) is 28.8 Å². The largest absolute Gasteiger partial charge is 0.450 e. The minimum atomic E-state index is -0.749. The Morgan fingerprint density at radius 2 is 1.77 bits per heavy atom. The van der Waals surface area contributed by atoms with Crippen LogP contribution in [0.5, 0.6) is 0 Å². The predicted octanol–water partition coefficient (Wildman–Crippen LogP) is 5.98. The molecule has 0 fully saturated rings. The van der Waals surface area contributed by atoms with E-state index in [0.29, 0.717) is 15.6 Å². The fraction of sp³-hybridized carbons (Fsp3) is 0.0833. The number of rotatable bonds is 3. The number of carbonyl (C=O) groups excluding carboxylic acids is 1. The molecule has 0 N–H and O–H groups in total. The average Bonchev–Trinajstić information content (AvgIpc) is 3.02. The maximum Gasteiger partial charge on any atom is 0.291 e. The first-order valence-electron chi connectivity index (χ1n) is 9.50. The zero-order valence-electron chi connectivity index (χ0n) is 15.9.